The van der Waals surface area contributed by atoms with Gasteiger partial charge in [-0.15, -0.1) is 0 Å². The van der Waals surface area contributed by atoms with Crippen LogP contribution in [0.4, 0.5) is 0 Å². The fourth-order valence-corrected chi connectivity index (χ4v) is 1.46. The van der Waals surface area contributed by atoms with E-state index in [1.54, 1.807) is 25.1 Å². The van der Waals surface area contributed by atoms with E-state index < -0.39 is 0 Å². The molecule has 0 aliphatic heterocycles. The number of phenols is 1. The zero-order chi connectivity index (χ0) is 13.1. The number of benzene rings is 1. The number of hydrogen-bond donors (Lipinski definition) is 1. The van der Waals surface area contributed by atoms with Gasteiger partial charge in [-0.05, 0) is 19.1 Å². The van der Waals surface area contributed by atoms with E-state index in [1.165, 1.54) is 0 Å². The number of phenolic OH excluding ortho intramolecular Hbond substituents is 1. The van der Waals surface area contributed by atoms with Gasteiger partial charge in [-0.3, -0.25) is 0 Å². The molecule has 0 aliphatic rings. The minimum absolute atomic E-state index is 0.203. The predicted molar refractivity (Wildman–Crippen MR) is 65.6 cm³/mol. The van der Waals surface area contributed by atoms with Crippen molar-refractivity contribution in [3.05, 3.63) is 35.5 Å². The molecule has 2 aromatic rings. The van der Waals surface area contributed by atoms with Gasteiger partial charge in [-0.25, -0.2) is 0 Å². The van der Waals surface area contributed by atoms with Crippen LogP contribution < -0.4 is 4.74 Å². The molecule has 1 aromatic carbocycles. The third-order valence-corrected chi connectivity index (χ3v) is 2.59. The summed E-state index contributed by atoms with van der Waals surface area (Å²) in [4.78, 5) is 4.21. The number of hydrogen-bond acceptors (Lipinski definition) is 5. The fraction of sp³-hybridized carbons (Fsp3) is 0.385. The van der Waals surface area contributed by atoms with E-state index in [2.05, 4.69) is 10.1 Å². The molecule has 0 spiro atoms. The van der Waals surface area contributed by atoms with Crippen molar-refractivity contribution < 1.29 is 14.4 Å². The van der Waals surface area contributed by atoms with Crippen LogP contribution in [0.15, 0.2) is 22.7 Å². The monoisotopic (exact) mass is 248 g/mol. The molecule has 0 bridgehead atoms. The lowest BCUT2D eigenvalue weighted by atomic mass is 10.2. The molecule has 0 atom stereocenters. The van der Waals surface area contributed by atoms with Crippen LogP contribution in [0.25, 0.3) is 0 Å². The highest BCUT2D eigenvalue weighted by Gasteiger charge is 2.11. The largest absolute Gasteiger partial charge is 0.508 e. The summed E-state index contributed by atoms with van der Waals surface area (Å²) in [5.74, 6) is 2.13. The number of nitrogens with zero attached hydrogens (tertiary/aromatic N) is 2. The third kappa shape index (κ3) is 2.61. The van der Waals surface area contributed by atoms with Crippen LogP contribution >= 0.6 is 0 Å². The highest BCUT2D eigenvalue weighted by atomic mass is 16.5. The lowest BCUT2D eigenvalue weighted by Crippen LogP contribution is -1.99. The van der Waals surface area contributed by atoms with Gasteiger partial charge in [0.25, 0.3) is 0 Å². The summed E-state index contributed by atoms with van der Waals surface area (Å²) in [6, 6.07) is 5.14. The summed E-state index contributed by atoms with van der Waals surface area (Å²) in [6.45, 7) is 5.98. The Bertz CT molecular complexity index is 535. The summed E-state index contributed by atoms with van der Waals surface area (Å²) < 4.78 is 10.6. The summed E-state index contributed by atoms with van der Waals surface area (Å²) >= 11 is 0. The third-order valence-electron chi connectivity index (χ3n) is 2.59. The molecule has 0 aliphatic carbocycles. The lowest BCUT2D eigenvalue weighted by Gasteiger charge is -2.07. The Morgan fingerprint density at radius 3 is 2.83 bits per heavy atom. The molecule has 5 heteroatoms. The Morgan fingerprint density at radius 2 is 2.17 bits per heavy atom. The Kier molecular flexibility index (Phi) is 3.50. The summed E-state index contributed by atoms with van der Waals surface area (Å²) in [7, 11) is 0. The Hall–Kier alpha value is -2.04. The van der Waals surface area contributed by atoms with Crippen molar-refractivity contribution in [3.8, 4) is 11.5 Å². The number of aromatic nitrogens is 2. The van der Waals surface area contributed by atoms with Crippen LogP contribution in [-0.4, -0.2) is 15.2 Å². The first-order chi connectivity index (χ1) is 8.58. The molecule has 0 unspecified atom stereocenters. The molecule has 1 heterocycles. The zero-order valence-electron chi connectivity index (χ0n) is 10.7. The van der Waals surface area contributed by atoms with Gasteiger partial charge in [-0.1, -0.05) is 25.1 Å². The van der Waals surface area contributed by atoms with Crippen molar-refractivity contribution in [1.29, 1.82) is 0 Å². The first-order valence-corrected chi connectivity index (χ1v) is 5.81. The molecule has 18 heavy (non-hydrogen) atoms. The molecule has 2 rings (SSSR count). The van der Waals surface area contributed by atoms with Gasteiger partial charge in [0.15, 0.2) is 6.61 Å². The van der Waals surface area contributed by atoms with Crippen LogP contribution in [0.5, 0.6) is 11.5 Å². The minimum Gasteiger partial charge on any atom is -0.508 e. The van der Waals surface area contributed by atoms with Gasteiger partial charge < -0.3 is 14.4 Å². The molecule has 1 N–H and O–H groups in total. The molecule has 5 nitrogen and oxygen atoms in total. The van der Waals surface area contributed by atoms with E-state index >= 15 is 0 Å². The van der Waals surface area contributed by atoms with Gasteiger partial charge in [-0.2, -0.15) is 4.98 Å². The molecule has 0 radical (unpaired) electrons. The molecule has 0 saturated heterocycles. The standard InChI is InChI=1S/C13H16N2O3/c1-8(2)13-14-12(15-18-13)7-17-11-6-4-5-10(16)9(11)3/h4-6,8,16H,7H2,1-3H3. The predicted octanol–water partition coefficient (Wildman–Crippen LogP) is 2.79. The second-order valence-corrected chi connectivity index (χ2v) is 4.39. The summed E-state index contributed by atoms with van der Waals surface area (Å²) in [6.07, 6.45) is 0. The molecule has 0 fully saturated rings. The fourth-order valence-electron chi connectivity index (χ4n) is 1.46. The van der Waals surface area contributed by atoms with Gasteiger partial charge in [0.1, 0.15) is 11.5 Å². The van der Waals surface area contributed by atoms with Crippen molar-refractivity contribution in [2.75, 3.05) is 0 Å². The van der Waals surface area contributed by atoms with E-state index in [1.807, 2.05) is 13.8 Å². The lowest BCUT2D eigenvalue weighted by molar-refractivity contribution is 0.281. The van der Waals surface area contributed by atoms with Gasteiger partial charge in [0.2, 0.25) is 11.7 Å². The summed E-state index contributed by atoms with van der Waals surface area (Å²) in [5, 5.41) is 13.4. The van der Waals surface area contributed by atoms with Gasteiger partial charge in [0.05, 0.1) is 0 Å². The Labute approximate surface area is 105 Å². The molecular formula is C13H16N2O3. The van der Waals surface area contributed by atoms with Gasteiger partial charge in [0, 0.05) is 11.5 Å². The molecule has 96 valence electrons. The Balaban J connectivity index is 2.04. The van der Waals surface area contributed by atoms with Crippen LogP contribution in [0.3, 0.4) is 0 Å². The average molecular weight is 248 g/mol. The van der Waals surface area contributed by atoms with Crippen LogP contribution in [-0.2, 0) is 6.61 Å². The normalized spacial score (nSPS) is 10.9. The summed E-state index contributed by atoms with van der Waals surface area (Å²) in [5.41, 5.74) is 0.699. The van der Waals surface area contributed by atoms with E-state index in [4.69, 9.17) is 9.26 Å². The minimum atomic E-state index is 0.203. The maximum absolute atomic E-state index is 9.54. The first kappa shape index (κ1) is 12.4. The first-order valence-electron chi connectivity index (χ1n) is 5.81. The SMILES string of the molecule is Cc1c(O)cccc1OCc1noc(C(C)C)n1. The van der Waals surface area contributed by atoms with Crippen LogP contribution in [0.2, 0.25) is 0 Å². The quantitative estimate of drug-likeness (QED) is 0.901. The average Bonchev–Trinajstić information content (AvgIpc) is 2.80. The maximum Gasteiger partial charge on any atom is 0.229 e. The molecule has 1 aromatic heterocycles. The number of ether oxygens (including phenoxy) is 1. The van der Waals surface area contributed by atoms with Crippen LogP contribution in [0, 0.1) is 6.92 Å². The van der Waals surface area contributed by atoms with Crippen molar-refractivity contribution >= 4 is 0 Å². The van der Waals surface area contributed by atoms with Crippen molar-refractivity contribution in [2.24, 2.45) is 0 Å². The van der Waals surface area contributed by atoms with Crippen LogP contribution in [0.1, 0.15) is 37.0 Å². The van der Waals surface area contributed by atoms with E-state index in [0.29, 0.717) is 23.0 Å². The number of aromatic hydroxyl groups is 1. The van der Waals surface area contributed by atoms with Gasteiger partial charge >= 0.3 is 0 Å². The second kappa shape index (κ2) is 5.08. The van der Waals surface area contributed by atoms with E-state index in [0.717, 1.165) is 0 Å². The highest BCUT2D eigenvalue weighted by molar-refractivity contribution is 5.42. The topological polar surface area (TPSA) is 68.4 Å². The van der Waals surface area contributed by atoms with E-state index in [9.17, 15) is 5.11 Å². The van der Waals surface area contributed by atoms with Crippen molar-refractivity contribution in [2.45, 2.75) is 33.3 Å². The molecular weight excluding hydrogens is 232 g/mol. The molecule has 0 amide bonds. The van der Waals surface area contributed by atoms with Crippen molar-refractivity contribution in [3.63, 3.8) is 0 Å². The maximum atomic E-state index is 9.54. The van der Waals surface area contributed by atoms with E-state index in [-0.39, 0.29) is 18.3 Å². The molecule has 0 saturated carbocycles. The second-order valence-electron chi connectivity index (χ2n) is 4.39. The highest BCUT2D eigenvalue weighted by Crippen LogP contribution is 2.26. The zero-order valence-corrected chi connectivity index (χ0v) is 10.7. The Morgan fingerprint density at radius 1 is 1.39 bits per heavy atom. The number of rotatable bonds is 4. The smallest absolute Gasteiger partial charge is 0.229 e. The van der Waals surface area contributed by atoms with Crippen molar-refractivity contribution in [1.82, 2.24) is 10.1 Å².